The maximum absolute atomic E-state index is 5.82. The second kappa shape index (κ2) is 6.83. The molecule has 1 saturated carbocycles. The fraction of sp³-hybridized carbons (Fsp3) is 0.769. The van der Waals surface area contributed by atoms with E-state index in [-0.39, 0.29) is 0 Å². The number of nitrogens with zero attached hydrogens (tertiary/aromatic N) is 1. The lowest BCUT2D eigenvalue weighted by molar-refractivity contribution is 0.343. The van der Waals surface area contributed by atoms with Crippen molar-refractivity contribution in [1.82, 2.24) is 4.37 Å². The maximum Gasteiger partial charge on any atom is 0.197 e. The lowest BCUT2D eigenvalue weighted by Crippen LogP contribution is -2.20. The number of nitrogens with one attached hydrogen (secondary N) is 1. The topological polar surface area (TPSA) is 60.2 Å². The molecule has 0 atom stereocenters. The predicted molar refractivity (Wildman–Crippen MR) is 77.4 cm³/mol. The van der Waals surface area contributed by atoms with Crippen molar-refractivity contribution in [2.45, 2.75) is 57.9 Å². The lowest BCUT2D eigenvalue weighted by atomic mass is 9.97. The molecule has 1 aromatic heterocycles. The molecule has 0 spiro atoms. The van der Waals surface area contributed by atoms with Crippen molar-refractivity contribution < 1.29 is 4.74 Å². The van der Waals surface area contributed by atoms with Gasteiger partial charge in [-0.05, 0) is 31.3 Å². The van der Waals surface area contributed by atoms with Gasteiger partial charge in [0.1, 0.15) is 0 Å². The predicted octanol–water partition coefficient (Wildman–Crippen LogP) is 3.65. The Kier molecular flexibility index (Phi) is 5.11. The molecule has 18 heavy (non-hydrogen) atoms. The quantitative estimate of drug-likeness (QED) is 0.876. The molecule has 4 nitrogen and oxygen atoms in total. The Morgan fingerprint density at radius 1 is 1.28 bits per heavy atom. The Bertz CT molecular complexity index is 359. The first-order chi connectivity index (χ1) is 8.81. The van der Waals surface area contributed by atoms with Gasteiger partial charge in [-0.25, -0.2) is 0 Å². The summed E-state index contributed by atoms with van der Waals surface area (Å²) >= 11 is 1.41. The summed E-state index contributed by atoms with van der Waals surface area (Å²) in [6.45, 7) is 2.60. The maximum atomic E-state index is 5.82. The number of hydrogen-bond acceptors (Lipinski definition) is 5. The third kappa shape index (κ3) is 3.51. The van der Waals surface area contributed by atoms with Crippen molar-refractivity contribution in [3.05, 3.63) is 0 Å². The molecule has 0 aromatic carbocycles. The monoisotopic (exact) mass is 269 g/mol. The van der Waals surface area contributed by atoms with Crippen molar-refractivity contribution in [3.63, 3.8) is 0 Å². The molecular formula is C13H23N3OS. The van der Waals surface area contributed by atoms with Crippen LogP contribution in [-0.2, 0) is 0 Å². The average molecular weight is 269 g/mol. The normalized spacial score (nSPS) is 18.1. The molecule has 3 N–H and O–H groups in total. The highest BCUT2D eigenvalue weighted by molar-refractivity contribution is 7.11. The van der Waals surface area contributed by atoms with Crippen molar-refractivity contribution in [2.75, 3.05) is 17.7 Å². The van der Waals surface area contributed by atoms with Crippen molar-refractivity contribution >= 4 is 22.4 Å². The molecule has 0 saturated heterocycles. The summed E-state index contributed by atoms with van der Waals surface area (Å²) in [6.07, 6.45) is 9.23. The second-order valence-electron chi connectivity index (χ2n) is 4.85. The molecule has 1 fully saturated rings. The van der Waals surface area contributed by atoms with E-state index < -0.39 is 0 Å². The molecular weight excluding hydrogens is 246 g/mol. The van der Waals surface area contributed by atoms with E-state index in [0.717, 1.165) is 10.8 Å². The number of hydrogen-bond donors (Lipinski definition) is 2. The lowest BCUT2D eigenvalue weighted by Gasteiger charge is -2.21. The van der Waals surface area contributed by atoms with Crippen molar-refractivity contribution in [1.29, 1.82) is 0 Å². The van der Waals surface area contributed by atoms with Crippen LogP contribution in [0.5, 0.6) is 5.75 Å². The highest BCUT2D eigenvalue weighted by Gasteiger charge is 2.17. The second-order valence-corrected chi connectivity index (χ2v) is 5.62. The van der Waals surface area contributed by atoms with E-state index in [4.69, 9.17) is 10.5 Å². The van der Waals surface area contributed by atoms with Crippen molar-refractivity contribution in [3.8, 4) is 5.75 Å². The summed E-state index contributed by atoms with van der Waals surface area (Å²) < 4.78 is 9.74. The minimum atomic E-state index is 0.509. The molecule has 1 heterocycles. The SMILES string of the molecule is CCOc1c(N)nsc1NC1CCCCCCC1. The van der Waals surface area contributed by atoms with E-state index in [1.165, 1.54) is 56.5 Å². The fourth-order valence-electron chi connectivity index (χ4n) is 2.46. The molecule has 0 bridgehead atoms. The van der Waals surface area contributed by atoms with Gasteiger partial charge in [0.05, 0.1) is 6.61 Å². The number of anilines is 2. The molecule has 2 rings (SSSR count). The summed E-state index contributed by atoms with van der Waals surface area (Å²) in [5.41, 5.74) is 5.82. The van der Waals surface area contributed by atoms with Crippen LogP contribution >= 0.6 is 11.5 Å². The smallest absolute Gasteiger partial charge is 0.197 e. The zero-order valence-corrected chi connectivity index (χ0v) is 11.9. The van der Waals surface area contributed by atoms with Gasteiger partial charge >= 0.3 is 0 Å². The first-order valence-electron chi connectivity index (χ1n) is 6.95. The summed E-state index contributed by atoms with van der Waals surface area (Å²) in [4.78, 5) is 0. The third-order valence-corrected chi connectivity index (χ3v) is 4.18. The summed E-state index contributed by atoms with van der Waals surface area (Å²) in [5.74, 6) is 1.25. The number of rotatable bonds is 4. The van der Waals surface area contributed by atoms with Crippen LogP contribution in [0.15, 0.2) is 0 Å². The molecule has 5 heteroatoms. The first-order valence-corrected chi connectivity index (χ1v) is 7.73. The Morgan fingerprint density at radius 2 is 1.94 bits per heavy atom. The minimum Gasteiger partial charge on any atom is -0.487 e. The van der Waals surface area contributed by atoms with Crippen LogP contribution in [0.2, 0.25) is 0 Å². The van der Waals surface area contributed by atoms with Gasteiger partial charge in [-0.3, -0.25) is 0 Å². The number of nitrogen functional groups attached to an aromatic ring is 1. The van der Waals surface area contributed by atoms with Crippen LogP contribution in [0.1, 0.15) is 51.9 Å². The molecule has 102 valence electrons. The van der Waals surface area contributed by atoms with Crippen LogP contribution in [0, 0.1) is 0 Å². The Labute approximate surface area is 113 Å². The largest absolute Gasteiger partial charge is 0.487 e. The van der Waals surface area contributed by atoms with E-state index in [1.54, 1.807) is 0 Å². The van der Waals surface area contributed by atoms with Crippen LogP contribution in [0.25, 0.3) is 0 Å². The molecule has 0 radical (unpaired) electrons. The van der Waals surface area contributed by atoms with Crippen LogP contribution in [-0.4, -0.2) is 17.0 Å². The van der Waals surface area contributed by atoms with Gasteiger partial charge in [-0.2, -0.15) is 4.37 Å². The number of aromatic nitrogens is 1. The molecule has 0 unspecified atom stereocenters. The van der Waals surface area contributed by atoms with Gasteiger partial charge in [-0.1, -0.05) is 32.1 Å². The Balaban J connectivity index is 1.98. The highest BCUT2D eigenvalue weighted by atomic mass is 32.1. The van der Waals surface area contributed by atoms with Crippen LogP contribution in [0.4, 0.5) is 10.8 Å². The molecule has 1 aliphatic rings. The van der Waals surface area contributed by atoms with E-state index in [9.17, 15) is 0 Å². The van der Waals surface area contributed by atoms with E-state index in [0.29, 0.717) is 18.5 Å². The molecule has 0 amide bonds. The van der Waals surface area contributed by atoms with Gasteiger partial charge < -0.3 is 15.8 Å². The van der Waals surface area contributed by atoms with E-state index in [2.05, 4.69) is 9.69 Å². The summed E-state index contributed by atoms with van der Waals surface area (Å²) in [5, 5.41) is 4.57. The van der Waals surface area contributed by atoms with E-state index in [1.807, 2.05) is 6.92 Å². The Morgan fingerprint density at radius 3 is 2.61 bits per heavy atom. The average Bonchev–Trinajstić information content (AvgIpc) is 2.65. The number of ether oxygens (including phenoxy) is 1. The van der Waals surface area contributed by atoms with E-state index >= 15 is 0 Å². The van der Waals surface area contributed by atoms with Gasteiger partial charge in [-0.15, -0.1) is 0 Å². The Hall–Kier alpha value is -0.970. The van der Waals surface area contributed by atoms with Crippen LogP contribution in [0.3, 0.4) is 0 Å². The zero-order valence-electron chi connectivity index (χ0n) is 11.1. The molecule has 1 aliphatic carbocycles. The molecule has 0 aliphatic heterocycles. The van der Waals surface area contributed by atoms with Gasteiger partial charge in [0.2, 0.25) is 0 Å². The highest BCUT2D eigenvalue weighted by Crippen LogP contribution is 2.36. The van der Waals surface area contributed by atoms with Crippen molar-refractivity contribution in [2.24, 2.45) is 0 Å². The number of nitrogens with two attached hydrogens (primary N) is 1. The van der Waals surface area contributed by atoms with Gasteiger partial charge in [0.25, 0.3) is 0 Å². The first kappa shape index (κ1) is 13.5. The minimum absolute atomic E-state index is 0.509. The molecule has 1 aromatic rings. The zero-order chi connectivity index (χ0) is 12.8. The van der Waals surface area contributed by atoms with Gasteiger partial charge in [0.15, 0.2) is 16.6 Å². The standard InChI is InChI=1S/C13H23N3OS/c1-2-17-11-12(14)16-18-13(11)15-10-8-6-4-3-5-7-9-10/h10,15H,2-9H2,1H3,(H2,14,16). The van der Waals surface area contributed by atoms with Gasteiger partial charge in [0, 0.05) is 6.04 Å². The summed E-state index contributed by atoms with van der Waals surface area (Å²) in [6, 6.07) is 0.546. The summed E-state index contributed by atoms with van der Waals surface area (Å²) in [7, 11) is 0. The fourth-order valence-corrected chi connectivity index (χ4v) is 3.19. The van der Waals surface area contributed by atoms with Crippen LogP contribution < -0.4 is 15.8 Å². The third-order valence-electron chi connectivity index (χ3n) is 3.40.